The van der Waals surface area contributed by atoms with Crippen molar-refractivity contribution in [2.75, 3.05) is 0 Å². The van der Waals surface area contributed by atoms with Gasteiger partial charge in [-0.1, -0.05) is 24.8 Å². The summed E-state index contributed by atoms with van der Waals surface area (Å²) in [5, 5.41) is 0. The Labute approximate surface area is 106 Å². The molecule has 0 aliphatic rings. The quantitative estimate of drug-likeness (QED) is 0.586. The van der Waals surface area contributed by atoms with Crippen LogP contribution in [0.4, 0.5) is 0 Å². The van der Waals surface area contributed by atoms with Crippen molar-refractivity contribution in [2.45, 2.75) is 4.90 Å². The molecule has 0 unspecified atom stereocenters. The van der Waals surface area contributed by atoms with E-state index in [0.29, 0.717) is 0 Å². The van der Waals surface area contributed by atoms with Gasteiger partial charge in [0.05, 0.1) is 4.90 Å². The van der Waals surface area contributed by atoms with Gasteiger partial charge < -0.3 is 6.15 Å². The molecule has 0 saturated heterocycles. The van der Waals surface area contributed by atoms with Crippen LogP contribution in [0.1, 0.15) is 5.56 Å². The largest absolute Gasteiger partial charge is 0.344 e. The molecule has 1 aromatic carbocycles. The molecule has 0 heterocycles. The Morgan fingerprint density at radius 3 is 1.93 bits per heavy atom. The van der Waals surface area contributed by atoms with E-state index in [2.05, 4.69) is 6.58 Å². The van der Waals surface area contributed by atoms with Crippen molar-refractivity contribution in [3.05, 3.63) is 36.4 Å². The second-order valence-electron chi connectivity index (χ2n) is 2.25. The normalized spacial score (nSPS) is 9.50. The number of hydrogen-bond donors (Lipinski definition) is 2. The van der Waals surface area contributed by atoms with Gasteiger partial charge in [0.25, 0.3) is 10.1 Å². The van der Waals surface area contributed by atoms with Crippen molar-refractivity contribution in [1.29, 1.82) is 0 Å². The van der Waals surface area contributed by atoms with E-state index in [9.17, 15) is 8.42 Å². The van der Waals surface area contributed by atoms with E-state index < -0.39 is 10.1 Å². The second kappa shape index (κ2) is 6.34. The Balaban J connectivity index is 0. The summed E-state index contributed by atoms with van der Waals surface area (Å²) >= 11 is 0. The first-order valence-corrected chi connectivity index (χ1v) is 4.68. The number of rotatable bonds is 2. The zero-order valence-corrected chi connectivity index (χ0v) is 10.8. The maximum Gasteiger partial charge on any atom is 0.294 e. The van der Waals surface area contributed by atoms with Crippen molar-refractivity contribution in [1.82, 2.24) is 6.15 Å². The maximum absolute atomic E-state index is 10.6. The molecule has 0 amide bonds. The third-order valence-electron chi connectivity index (χ3n) is 1.41. The van der Waals surface area contributed by atoms with Gasteiger partial charge in [0.1, 0.15) is 0 Å². The van der Waals surface area contributed by atoms with E-state index in [1.807, 2.05) is 0 Å². The predicted octanol–water partition coefficient (Wildman–Crippen LogP) is 1.36. The molecule has 14 heavy (non-hydrogen) atoms. The Hall–Kier alpha value is -0.170. The third kappa shape index (κ3) is 4.36. The topological polar surface area (TPSA) is 89.4 Å². The SMILES string of the molecule is C=Cc1ccc(S(=O)(=O)O)cc1.N.[Na]. The summed E-state index contributed by atoms with van der Waals surface area (Å²) in [6, 6.07) is 5.78. The predicted molar refractivity (Wildman–Crippen MR) is 57.1 cm³/mol. The van der Waals surface area contributed by atoms with E-state index in [-0.39, 0.29) is 40.6 Å². The van der Waals surface area contributed by atoms with E-state index in [1.54, 1.807) is 18.2 Å². The van der Waals surface area contributed by atoms with Crippen LogP contribution in [0, 0.1) is 0 Å². The van der Waals surface area contributed by atoms with Gasteiger partial charge in [-0.2, -0.15) is 8.42 Å². The van der Waals surface area contributed by atoms with Crippen LogP contribution >= 0.6 is 0 Å². The van der Waals surface area contributed by atoms with Gasteiger partial charge in [0.2, 0.25) is 0 Å². The van der Waals surface area contributed by atoms with Gasteiger partial charge in [-0.3, -0.25) is 4.55 Å². The minimum absolute atomic E-state index is 0. The fraction of sp³-hybridized carbons (Fsp3) is 0. The summed E-state index contributed by atoms with van der Waals surface area (Å²) in [6.45, 7) is 3.51. The number of benzene rings is 1. The molecule has 0 atom stereocenters. The van der Waals surface area contributed by atoms with Crippen LogP contribution in [-0.4, -0.2) is 42.5 Å². The van der Waals surface area contributed by atoms with E-state index in [4.69, 9.17) is 4.55 Å². The minimum atomic E-state index is -4.06. The second-order valence-corrected chi connectivity index (χ2v) is 3.67. The fourth-order valence-corrected chi connectivity index (χ4v) is 1.26. The summed E-state index contributed by atoms with van der Waals surface area (Å²) in [7, 11) is -4.06. The van der Waals surface area contributed by atoms with Crippen molar-refractivity contribution < 1.29 is 13.0 Å². The average Bonchev–Trinajstić information content (AvgIpc) is 2.03. The summed E-state index contributed by atoms with van der Waals surface area (Å²) in [5.41, 5.74) is 0.808. The van der Waals surface area contributed by atoms with Gasteiger partial charge in [-0.15, -0.1) is 0 Å². The molecule has 0 spiro atoms. The summed E-state index contributed by atoms with van der Waals surface area (Å²) in [6.07, 6.45) is 1.59. The molecule has 0 aliphatic heterocycles. The molecule has 4 nitrogen and oxygen atoms in total. The van der Waals surface area contributed by atoms with Gasteiger partial charge in [0.15, 0.2) is 0 Å². The van der Waals surface area contributed by atoms with Crippen LogP contribution in [0.5, 0.6) is 0 Å². The standard InChI is InChI=1S/C8H8O3S.H3N.Na/c1-2-7-3-5-8(6-4-7)12(9,10)11;;/h2-6H,1H2,(H,9,10,11);1H3;. The molecule has 73 valence electrons. The Kier molecular flexibility index (Phi) is 7.37. The first kappa shape index (κ1) is 16.3. The van der Waals surface area contributed by atoms with Gasteiger partial charge in [-0.25, -0.2) is 0 Å². The van der Waals surface area contributed by atoms with Gasteiger partial charge >= 0.3 is 0 Å². The number of hydrogen-bond acceptors (Lipinski definition) is 3. The van der Waals surface area contributed by atoms with Crippen LogP contribution in [0.2, 0.25) is 0 Å². The summed E-state index contributed by atoms with van der Waals surface area (Å²) in [5.74, 6) is 0. The van der Waals surface area contributed by atoms with Crippen molar-refractivity contribution in [3.63, 3.8) is 0 Å². The zero-order valence-electron chi connectivity index (χ0n) is 7.97. The first-order chi connectivity index (χ1) is 5.54. The minimum Gasteiger partial charge on any atom is -0.344 e. The summed E-state index contributed by atoms with van der Waals surface area (Å²) < 4.78 is 29.7. The maximum atomic E-state index is 10.6. The Morgan fingerprint density at radius 1 is 1.21 bits per heavy atom. The van der Waals surface area contributed by atoms with E-state index in [1.165, 1.54) is 12.1 Å². The summed E-state index contributed by atoms with van der Waals surface area (Å²) in [4.78, 5) is -0.104. The molecule has 0 fully saturated rings. The van der Waals surface area contributed by atoms with E-state index in [0.717, 1.165) is 5.56 Å². The van der Waals surface area contributed by atoms with Crippen LogP contribution in [0.3, 0.4) is 0 Å². The van der Waals surface area contributed by atoms with Crippen molar-refractivity contribution in [3.8, 4) is 0 Å². The molecule has 4 N–H and O–H groups in total. The van der Waals surface area contributed by atoms with E-state index >= 15 is 0 Å². The molecular formula is C8H11NNaO3S. The van der Waals surface area contributed by atoms with Crippen molar-refractivity contribution >= 4 is 45.8 Å². The molecule has 0 bridgehead atoms. The van der Waals surface area contributed by atoms with Crippen LogP contribution in [0.15, 0.2) is 35.7 Å². The third-order valence-corrected chi connectivity index (χ3v) is 2.28. The molecule has 1 radical (unpaired) electrons. The monoisotopic (exact) mass is 224 g/mol. The zero-order chi connectivity index (χ0) is 9.19. The molecule has 0 aromatic heterocycles. The molecular weight excluding hydrogens is 213 g/mol. The van der Waals surface area contributed by atoms with Crippen molar-refractivity contribution in [2.24, 2.45) is 0 Å². The molecule has 0 aliphatic carbocycles. The smallest absolute Gasteiger partial charge is 0.294 e. The van der Waals surface area contributed by atoms with Crippen LogP contribution in [-0.2, 0) is 10.1 Å². The van der Waals surface area contributed by atoms with Crippen LogP contribution in [0.25, 0.3) is 6.08 Å². The first-order valence-electron chi connectivity index (χ1n) is 3.24. The Morgan fingerprint density at radius 2 is 1.64 bits per heavy atom. The van der Waals surface area contributed by atoms with Gasteiger partial charge in [0, 0.05) is 29.6 Å². The molecule has 1 rings (SSSR count). The average molecular weight is 224 g/mol. The molecule has 6 heteroatoms. The molecule has 1 aromatic rings. The fourth-order valence-electron chi connectivity index (χ4n) is 0.776. The Bertz CT molecular complexity index is 386. The van der Waals surface area contributed by atoms with Crippen LogP contribution < -0.4 is 6.15 Å². The van der Waals surface area contributed by atoms with Gasteiger partial charge in [-0.05, 0) is 17.7 Å². The molecule has 0 saturated carbocycles.